The molecule has 2 heterocycles. The number of fused-ring (bicyclic) bond motifs is 2. The zero-order valence-electron chi connectivity index (χ0n) is 18.0. The highest BCUT2D eigenvalue weighted by molar-refractivity contribution is 7.15. The van der Waals surface area contributed by atoms with Crippen molar-refractivity contribution in [2.75, 3.05) is 6.61 Å². The number of aryl methyl sites for hydroxylation is 1. The zero-order chi connectivity index (χ0) is 23.9. The van der Waals surface area contributed by atoms with E-state index in [4.69, 9.17) is 14.8 Å². The van der Waals surface area contributed by atoms with Crippen LogP contribution in [-0.4, -0.2) is 27.2 Å². The molecule has 34 heavy (non-hydrogen) atoms. The Morgan fingerprint density at radius 2 is 1.97 bits per heavy atom. The summed E-state index contributed by atoms with van der Waals surface area (Å²) < 4.78 is 46.4. The Labute approximate surface area is 197 Å². The third-order valence-electron chi connectivity index (χ3n) is 6.03. The van der Waals surface area contributed by atoms with Crippen LogP contribution in [0.25, 0.3) is 21.5 Å². The first-order valence-corrected chi connectivity index (χ1v) is 11.7. The second-order valence-electron chi connectivity index (χ2n) is 8.36. The number of ether oxygens (including phenoxy) is 1. The van der Waals surface area contributed by atoms with Crippen LogP contribution in [0.2, 0.25) is 0 Å². The van der Waals surface area contributed by atoms with Crippen molar-refractivity contribution in [1.29, 1.82) is 0 Å². The Morgan fingerprint density at radius 3 is 2.71 bits per heavy atom. The van der Waals surface area contributed by atoms with E-state index in [1.165, 1.54) is 23.5 Å². The van der Waals surface area contributed by atoms with Crippen molar-refractivity contribution in [3.05, 3.63) is 70.9 Å². The van der Waals surface area contributed by atoms with Gasteiger partial charge in [0.05, 0.1) is 17.9 Å². The van der Waals surface area contributed by atoms with Gasteiger partial charge in [-0.3, -0.25) is 4.79 Å². The van der Waals surface area contributed by atoms with Crippen LogP contribution in [0, 0.1) is 0 Å². The van der Waals surface area contributed by atoms with E-state index >= 15 is 0 Å². The number of aliphatic carboxylic acids is 1. The molecule has 0 bridgehead atoms. The number of alkyl halides is 3. The molecule has 5 nitrogen and oxygen atoms in total. The second-order valence-corrected chi connectivity index (χ2v) is 9.44. The first kappa shape index (κ1) is 22.5. The molecule has 0 amide bonds. The molecule has 9 heteroatoms. The minimum absolute atomic E-state index is 0.0976. The normalized spacial score (nSPS) is 15.9. The van der Waals surface area contributed by atoms with Gasteiger partial charge in [-0.1, -0.05) is 12.1 Å². The lowest BCUT2D eigenvalue weighted by Gasteiger charge is -2.21. The number of carboxylic acids is 1. The first-order chi connectivity index (χ1) is 16.3. The van der Waals surface area contributed by atoms with Gasteiger partial charge in [-0.25, -0.2) is 4.98 Å². The molecule has 0 fully saturated rings. The van der Waals surface area contributed by atoms with Gasteiger partial charge >= 0.3 is 12.1 Å². The largest absolute Gasteiger partial charge is 0.493 e. The molecule has 1 N–H and O–H groups in total. The van der Waals surface area contributed by atoms with Gasteiger partial charge in [-0.2, -0.15) is 13.2 Å². The Bertz CT molecular complexity index is 1340. The number of hydrogen-bond acceptors (Lipinski definition) is 4. The summed E-state index contributed by atoms with van der Waals surface area (Å²) in [4.78, 5) is 17.0. The molecule has 4 aromatic rings. The van der Waals surface area contributed by atoms with E-state index in [2.05, 4.69) is 0 Å². The molecular formula is C25H21F3N2O3S. The summed E-state index contributed by atoms with van der Waals surface area (Å²) in [5.74, 6) is -0.0914. The summed E-state index contributed by atoms with van der Waals surface area (Å²) in [7, 11) is 0. The highest BCUT2D eigenvalue weighted by atomic mass is 32.1. The average Bonchev–Trinajstić information content (AvgIpc) is 3.41. The molecular weight excluding hydrogens is 465 g/mol. The summed E-state index contributed by atoms with van der Waals surface area (Å²) in [6.45, 7) is 0.351. The molecule has 0 saturated heterocycles. The molecule has 0 aliphatic heterocycles. The van der Waals surface area contributed by atoms with Crippen molar-refractivity contribution in [1.82, 2.24) is 9.55 Å². The van der Waals surface area contributed by atoms with E-state index in [9.17, 15) is 18.0 Å². The maximum atomic E-state index is 12.9. The lowest BCUT2D eigenvalue weighted by atomic mass is 9.92. The van der Waals surface area contributed by atoms with Crippen LogP contribution in [0.15, 0.2) is 54.7 Å². The summed E-state index contributed by atoms with van der Waals surface area (Å²) in [5, 5.41) is 10.7. The molecule has 176 valence electrons. The van der Waals surface area contributed by atoms with Crippen molar-refractivity contribution in [2.45, 2.75) is 37.9 Å². The lowest BCUT2D eigenvalue weighted by molar-refractivity contribution is -0.138. The molecule has 1 aliphatic rings. The van der Waals surface area contributed by atoms with Crippen LogP contribution in [-0.2, 0) is 23.9 Å². The van der Waals surface area contributed by atoms with E-state index in [1.807, 2.05) is 24.3 Å². The van der Waals surface area contributed by atoms with Gasteiger partial charge < -0.3 is 14.4 Å². The van der Waals surface area contributed by atoms with Crippen molar-refractivity contribution >= 4 is 28.2 Å². The number of carbonyl (C=O) groups is 1. The number of hydrogen-bond donors (Lipinski definition) is 1. The van der Waals surface area contributed by atoms with Gasteiger partial charge in [0.25, 0.3) is 0 Å². The average molecular weight is 487 g/mol. The fourth-order valence-electron chi connectivity index (χ4n) is 4.34. The number of carboxylic acid groups (broad SMARTS) is 1. The standard InChI is InChI=1S/C25H21F3N2O3S/c26-25(27,28)18-6-4-15(5-7-18)24-29-23-17(2-1-3-21(23)34-24)14-33-19-8-9-20-16(12-19)10-11-30(20)13-22(31)32/h4-12,17H,1-3,13-14H2,(H,31,32)/t17-/m0/s1. The van der Waals surface area contributed by atoms with Gasteiger partial charge in [0.2, 0.25) is 0 Å². The first-order valence-electron chi connectivity index (χ1n) is 10.9. The number of nitrogens with zero attached hydrogens (tertiary/aromatic N) is 2. The Hall–Kier alpha value is -3.33. The van der Waals surface area contributed by atoms with Crippen LogP contribution in [0.4, 0.5) is 13.2 Å². The molecule has 5 rings (SSSR count). The third kappa shape index (κ3) is 4.52. The number of thiazole rings is 1. The van der Waals surface area contributed by atoms with Crippen molar-refractivity contribution in [2.24, 2.45) is 0 Å². The Balaban J connectivity index is 1.31. The second kappa shape index (κ2) is 8.79. The van der Waals surface area contributed by atoms with Crippen LogP contribution in [0.3, 0.4) is 0 Å². The Kier molecular flexibility index (Phi) is 5.81. The zero-order valence-corrected chi connectivity index (χ0v) is 18.8. The number of halogens is 3. The van der Waals surface area contributed by atoms with E-state index in [1.54, 1.807) is 10.8 Å². The van der Waals surface area contributed by atoms with Gasteiger partial charge in [0, 0.05) is 33.5 Å². The molecule has 1 atom stereocenters. The summed E-state index contributed by atoms with van der Waals surface area (Å²) >= 11 is 1.54. The van der Waals surface area contributed by atoms with Gasteiger partial charge in [-0.05, 0) is 55.7 Å². The highest BCUT2D eigenvalue weighted by Gasteiger charge is 2.30. The summed E-state index contributed by atoms with van der Waals surface area (Å²) in [6, 6.07) is 12.6. The van der Waals surface area contributed by atoms with Crippen LogP contribution in [0.5, 0.6) is 5.75 Å². The Morgan fingerprint density at radius 1 is 1.18 bits per heavy atom. The molecule has 0 saturated carbocycles. The minimum atomic E-state index is -4.36. The highest BCUT2D eigenvalue weighted by Crippen LogP contribution is 2.39. The van der Waals surface area contributed by atoms with Crippen molar-refractivity contribution in [3.63, 3.8) is 0 Å². The monoisotopic (exact) mass is 486 g/mol. The fraction of sp³-hybridized carbons (Fsp3) is 0.280. The maximum absolute atomic E-state index is 12.9. The fourth-order valence-corrected chi connectivity index (χ4v) is 5.54. The van der Waals surface area contributed by atoms with Crippen molar-refractivity contribution < 1.29 is 27.8 Å². The van der Waals surface area contributed by atoms with E-state index < -0.39 is 17.7 Å². The summed E-state index contributed by atoms with van der Waals surface area (Å²) in [5.41, 5.74) is 1.82. The predicted molar refractivity (Wildman–Crippen MR) is 123 cm³/mol. The minimum Gasteiger partial charge on any atom is -0.493 e. The van der Waals surface area contributed by atoms with E-state index in [-0.39, 0.29) is 12.5 Å². The molecule has 0 radical (unpaired) electrons. The van der Waals surface area contributed by atoms with Gasteiger partial charge in [0.15, 0.2) is 0 Å². The molecule has 0 unspecified atom stereocenters. The SMILES string of the molecule is O=C(O)Cn1ccc2cc(OC[C@@H]3CCCc4sc(-c5ccc(C(F)(F)F)cc5)nc43)ccc21. The van der Waals surface area contributed by atoms with Gasteiger partial charge in [-0.15, -0.1) is 11.3 Å². The van der Waals surface area contributed by atoms with Crippen LogP contribution in [0.1, 0.15) is 34.9 Å². The number of rotatable bonds is 6. The predicted octanol–water partition coefficient (Wildman–Crippen LogP) is 6.37. The van der Waals surface area contributed by atoms with Crippen LogP contribution >= 0.6 is 11.3 Å². The summed E-state index contributed by atoms with van der Waals surface area (Å²) in [6.07, 6.45) is 0.235. The number of benzene rings is 2. The van der Waals surface area contributed by atoms with Gasteiger partial charge in [0.1, 0.15) is 17.3 Å². The molecule has 0 spiro atoms. The smallest absolute Gasteiger partial charge is 0.416 e. The quantitative estimate of drug-likeness (QED) is 0.344. The maximum Gasteiger partial charge on any atom is 0.416 e. The molecule has 2 aromatic carbocycles. The molecule has 1 aliphatic carbocycles. The van der Waals surface area contributed by atoms with E-state index in [0.29, 0.717) is 17.9 Å². The van der Waals surface area contributed by atoms with Crippen LogP contribution < -0.4 is 4.74 Å². The van der Waals surface area contributed by atoms with Crippen molar-refractivity contribution in [3.8, 4) is 16.3 Å². The lowest BCUT2D eigenvalue weighted by Crippen LogP contribution is -2.16. The topological polar surface area (TPSA) is 64.3 Å². The van der Waals surface area contributed by atoms with E-state index in [0.717, 1.165) is 57.9 Å². The number of aromatic nitrogens is 2. The third-order valence-corrected chi connectivity index (χ3v) is 7.21. The molecule has 2 aromatic heterocycles.